The van der Waals surface area contributed by atoms with E-state index in [0.29, 0.717) is 5.92 Å². The number of aliphatic hydroxyl groups excluding tert-OH is 1. The summed E-state index contributed by atoms with van der Waals surface area (Å²) >= 11 is 0. The molecule has 0 aromatic heterocycles. The quantitative estimate of drug-likeness (QED) is 0.589. The third-order valence-electron chi connectivity index (χ3n) is 3.45. The SMILES string of the molecule is CC1=CCCC(C)(C)C1C=CC(=O)C(C)O. The van der Waals surface area contributed by atoms with Gasteiger partial charge in [0.15, 0.2) is 5.78 Å². The highest BCUT2D eigenvalue weighted by Gasteiger charge is 2.30. The molecule has 0 aromatic carbocycles. The van der Waals surface area contributed by atoms with Gasteiger partial charge in [-0.05, 0) is 38.2 Å². The number of ketones is 1. The van der Waals surface area contributed by atoms with E-state index in [4.69, 9.17) is 5.11 Å². The first-order valence-corrected chi connectivity index (χ1v) is 5.91. The van der Waals surface area contributed by atoms with Crippen LogP contribution in [0.5, 0.6) is 0 Å². The summed E-state index contributed by atoms with van der Waals surface area (Å²) in [5, 5.41) is 9.13. The van der Waals surface area contributed by atoms with Crippen LogP contribution in [0.2, 0.25) is 0 Å². The van der Waals surface area contributed by atoms with Crippen LogP contribution < -0.4 is 0 Å². The number of hydrogen-bond acceptors (Lipinski definition) is 2. The Labute approximate surface area is 98.1 Å². The van der Waals surface area contributed by atoms with Gasteiger partial charge in [-0.15, -0.1) is 0 Å². The molecule has 1 rings (SSSR count). The highest BCUT2D eigenvalue weighted by Crippen LogP contribution is 2.41. The largest absolute Gasteiger partial charge is 0.385 e. The Morgan fingerprint density at radius 1 is 1.62 bits per heavy atom. The topological polar surface area (TPSA) is 37.3 Å². The lowest BCUT2D eigenvalue weighted by Crippen LogP contribution is -2.26. The summed E-state index contributed by atoms with van der Waals surface area (Å²) in [7, 11) is 0. The number of rotatable bonds is 3. The van der Waals surface area contributed by atoms with Gasteiger partial charge in [-0.1, -0.05) is 31.6 Å². The molecule has 2 unspecified atom stereocenters. The average Bonchev–Trinajstić information content (AvgIpc) is 2.15. The Morgan fingerprint density at radius 2 is 2.25 bits per heavy atom. The smallest absolute Gasteiger partial charge is 0.183 e. The van der Waals surface area contributed by atoms with Gasteiger partial charge in [-0.2, -0.15) is 0 Å². The van der Waals surface area contributed by atoms with Gasteiger partial charge in [0.2, 0.25) is 0 Å². The lowest BCUT2D eigenvalue weighted by Gasteiger charge is -2.36. The molecule has 1 N–H and O–H groups in total. The summed E-state index contributed by atoms with van der Waals surface area (Å²) in [6.07, 6.45) is 7.08. The minimum atomic E-state index is -0.896. The van der Waals surface area contributed by atoms with Crippen LogP contribution in [0.4, 0.5) is 0 Å². The summed E-state index contributed by atoms with van der Waals surface area (Å²) < 4.78 is 0. The van der Waals surface area contributed by atoms with Crippen LogP contribution in [0.1, 0.15) is 40.5 Å². The molecule has 2 atom stereocenters. The fraction of sp³-hybridized carbons (Fsp3) is 0.643. The Hall–Kier alpha value is -0.890. The minimum Gasteiger partial charge on any atom is -0.385 e. The van der Waals surface area contributed by atoms with Gasteiger partial charge in [0.25, 0.3) is 0 Å². The normalized spacial score (nSPS) is 26.6. The summed E-state index contributed by atoms with van der Waals surface area (Å²) in [4.78, 5) is 11.3. The molecule has 90 valence electrons. The molecule has 2 nitrogen and oxygen atoms in total. The number of aliphatic hydroxyl groups is 1. The van der Waals surface area contributed by atoms with Crippen molar-refractivity contribution in [1.29, 1.82) is 0 Å². The molecule has 0 spiro atoms. The van der Waals surface area contributed by atoms with E-state index in [0.717, 1.165) is 12.8 Å². The van der Waals surface area contributed by atoms with E-state index in [-0.39, 0.29) is 11.2 Å². The van der Waals surface area contributed by atoms with E-state index in [1.54, 1.807) is 0 Å². The molecule has 0 saturated carbocycles. The Balaban J connectivity index is 2.81. The summed E-state index contributed by atoms with van der Waals surface area (Å²) in [6, 6.07) is 0. The average molecular weight is 222 g/mol. The van der Waals surface area contributed by atoms with Gasteiger partial charge >= 0.3 is 0 Å². The molecule has 0 saturated heterocycles. The van der Waals surface area contributed by atoms with Crippen LogP contribution in [-0.4, -0.2) is 17.0 Å². The number of carbonyl (C=O) groups excluding carboxylic acids is 1. The second-order valence-electron chi connectivity index (χ2n) is 5.39. The lowest BCUT2D eigenvalue weighted by molar-refractivity contribution is -0.121. The van der Waals surface area contributed by atoms with Crippen molar-refractivity contribution in [2.45, 2.75) is 46.6 Å². The molecule has 0 bridgehead atoms. The van der Waals surface area contributed by atoms with Crippen LogP contribution in [-0.2, 0) is 4.79 Å². The van der Waals surface area contributed by atoms with Crippen LogP contribution in [0.15, 0.2) is 23.8 Å². The van der Waals surface area contributed by atoms with Crippen LogP contribution in [0, 0.1) is 11.3 Å². The number of carbonyl (C=O) groups is 1. The van der Waals surface area contributed by atoms with Crippen molar-refractivity contribution in [2.24, 2.45) is 11.3 Å². The first kappa shape index (κ1) is 13.2. The molecular formula is C14H22O2. The molecular weight excluding hydrogens is 200 g/mol. The highest BCUT2D eigenvalue weighted by molar-refractivity contribution is 5.93. The standard InChI is InChI=1S/C14H22O2/c1-10-6-5-9-14(3,4)12(10)7-8-13(16)11(2)15/h6-8,11-12,15H,5,9H2,1-4H3. The maximum Gasteiger partial charge on any atom is 0.183 e. The van der Waals surface area contributed by atoms with E-state index in [9.17, 15) is 4.79 Å². The van der Waals surface area contributed by atoms with Crippen LogP contribution in [0.3, 0.4) is 0 Å². The van der Waals surface area contributed by atoms with Gasteiger partial charge in [0.05, 0.1) is 0 Å². The van der Waals surface area contributed by atoms with Crippen molar-refractivity contribution < 1.29 is 9.90 Å². The van der Waals surface area contributed by atoms with Gasteiger partial charge in [0.1, 0.15) is 6.10 Å². The van der Waals surface area contributed by atoms with E-state index < -0.39 is 6.10 Å². The summed E-state index contributed by atoms with van der Waals surface area (Å²) in [5.41, 5.74) is 1.53. The fourth-order valence-electron chi connectivity index (χ4n) is 2.31. The predicted octanol–water partition coefficient (Wildman–Crippen LogP) is 2.88. The predicted molar refractivity (Wildman–Crippen MR) is 66.1 cm³/mol. The Bertz CT molecular complexity index is 322. The molecule has 0 aromatic rings. The third kappa shape index (κ3) is 3.05. The molecule has 16 heavy (non-hydrogen) atoms. The second-order valence-corrected chi connectivity index (χ2v) is 5.39. The zero-order chi connectivity index (χ0) is 12.3. The number of hydrogen-bond donors (Lipinski definition) is 1. The van der Waals surface area contributed by atoms with Crippen molar-refractivity contribution >= 4 is 5.78 Å². The lowest BCUT2D eigenvalue weighted by atomic mass is 9.68. The van der Waals surface area contributed by atoms with Crippen molar-refractivity contribution in [3.05, 3.63) is 23.8 Å². The molecule has 1 aliphatic carbocycles. The van der Waals surface area contributed by atoms with E-state index in [1.807, 2.05) is 6.08 Å². The fourth-order valence-corrected chi connectivity index (χ4v) is 2.31. The molecule has 0 fully saturated rings. The zero-order valence-electron chi connectivity index (χ0n) is 10.7. The minimum absolute atomic E-state index is 0.203. The summed E-state index contributed by atoms with van der Waals surface area (Å²) in [6.45, 7) is 8.07. The second kappa shape index (κ2) is 4.96. The first-order valence-electron chi connectivity index (χ1n) is 5.91. The maximum atomic E-state index is 11.3. The third-order valence-corrected chi connectivity index (χ3v) is 3.45. The van der Waals surface area contributed by atoms with Gasteiger partial charge in [-0.25, -0.2) is 0 Å². The van der Waals surface area contributed by atoms with E-state index in [1.165, 1.54) is 18.6 Å². The monoisotopic (exact) mass is 222 g/mol. The van der Waals surface area contributed by atoms with Crippen molar-refractivity contribution in [3.8, 4) is 0 Å². The van der Waals surface area contributed by atoms with Crippen molar-refractivity contribution in [2.75, 3.05) is 0 Å². The van der Waals surface area contributed by atoms with Crippen LogP contribution >= 0.6 is 0 Å². The highest BCUT2D eigenvalue weighted by atomic mass is 16.3. The van der Waals surface area contributed by atoms with Crippen LogP contribution in [0.25, 0.3) is 0 Å². The molecule has 1 aliphatic rings. The first-order chi connectivity index (χ1) is 7.34. The number of allylic oxidation sites excluding steroid dienone is 3. The van der Waals surface area contributed by atoms with Gasteiger partial charge in [0, 0.05) is 5.92 Å². The van der Waals surface area contributed by atoms with Crippen molar-refractivity contribution in [1.82, 2.24) is 0 Å². The molecule has 0 heterocycles. The maximum absolute atomic E-state index is 11.3. The summed E-state index contributed by atoms with van der Waals surface area (Å²) in [5.74, 6) is 0.0955. The van der Waals surface area contributed by atoms with Gasteiger partial charge in [-0.3, -0.25) is 4.79 Å². The Morgan fingerprint density at radius 3 is 2.75 bits per heavy atom. The molecule has 0 radical (unpaired) electrons. The van der Waals surface area contributed by atoms with E-state index >= 15 is 0 Å². The molecule has 2 heteroatoms. The Kier molecular flexibility index (Phi) is 4.09. The van der Waals surface area contributed by atoms with E-state index in [2.05, 4.69) is 26.8 Å². The van der Waals surface area contributed by atoms with Gasteiger partial charge < -0.3 is 5.11 Å². The molecule has 0 amide bonds. The zero-order valence-corrected chi connectivity index (χ0v) is 10.7. The van der Waals surface area contributed by atoms with Crippen molar-refractivity contribution in [3.63, 3.8) is 0 Å². The molecule has 0 aliphatic heterocycles.